The third-order valence-electron chi connectivity index (χ3n) is 3.14. The van der Waals surface area contributed by atoms with Crippen LogP contribution in [-0.4, -0.2) is 40.2 Å². The fraction of sp³-hybridized carbons (Fsp3) is 0.429. The van der Waals surface area contributed by atoms with Gasteiger partial charge >= 0.3 is 6.09 Å². The van der Waals surface area contributed by atoms with E-state index in [4.69, 9.17) is 4.74 Å². The number of carbonyl (C=O) groups is 2. The zero-order valence-electron chi connectivity index (χ0n) is 12.0. The topological polar surface area (TPSA) is 78.9 Å². The maximum atomic E-state index is 13.2. The van der Waals surface area contributed by atoms with Crippen LogP contribution in [0.15, 0.2) is 18.2 Å². The number of rotatable bonds is 1. The molecule has 2 rings (SSSR count). The van der Waals surface area contributed by atoms with Crippen molar-refractivity contribution in [2.45, 2.75) is 32.4 Å². The van der Waals surface area contributed by atoms with E-state index in [-0.39, 0.29) is 12.3 Å². The molecule has 114 valence electrons. The molecule has 1 aliphatic rings. The number of amides is 2. The van der Waals surface area contributed by atoms with Crippen LogP contribution < -0.4 is 10.1 Å². The van der Waals surface area contributed by atoms with E-state index in [0.717, 1.165) is 11.0 Å². The third-order valence-corrected chi connectivity index (χ3v) is 3.14. The lowest BCUT2D eigenvalue weighted by Gasteiger charge is -2.37. The number of ether oxygens (including phenoxy) is 1. The van der Waals surface area contributed by atoms with Crippen LogP contribution in [0.3, 0.4) is 0 Å². The van der Waals surface area contributed by atoms with Crippen molar-refractivity contribution in [3.8, 4) is 5.75 Å². The second kappa shape index (κ2) is 5.23. The van der Waals surface area contributed by atoms with E-state index >= 15 is 0 Å². The number of halogens is 1. The number of anilines is 1. The second-order valence-electron chi connectivity index (χ2n) is 5.78. The molecule has 1 aromatic rings. The summed E-state index contributed by atoms with van der Waals surface area (Å²) in [5, 5.41) is 11.9. The molecule has 1 atom stereocenters. The molecule has 1 aromatic carbocycles. The highest BCUT2D eigenvalue weighted by molar-refractivity contribution is 5.98. The molecule has 6 nitrogen and oxygen atoms in total. The van der Waals surface area contributed by atoms with Gasteiger partial charge in [0.25, 0.3) is 5.91 Å². The van der Waals surface area contributed by atoms with E-state index in [1.807, 2.05) is 0 Å². The van der Waals surface area contributed by atoms with E-state index in [0.29, 0.717) is 5.75 Å². The van der Waals surface area contributed by atoms with E-state index < -0.39 is 29.4 Å². The Balaban J connectivity index is 2.33. The van der Waals surface area contributed by atoms with Crippen molar-refractivity contribution in [3.63, 3.8) is 0 Å². The zero-order chi connectivity index (χ0) is 15.8. The largest absolute Gasteiger partial charge is 0.489 e. The first-order valence-electron chi connectivity index (χ1n) is 6.45. The van der Waals surface area contributed by atoms with Crippen LogP contribution in [0.25, 0.3) is 0 Å². The molecule has 2 N–H and O–H groups in total. The second-order valence-corrected chi connectivity index (χ2v) is 5.78. The molecular formula is C14H17FN2O4. The lowest BCUT2D eigenvalue weighted by molar-refractivity contribution is -0.123. The number of fused-ring (bicyclic) bond motifs is 1. The average molecular weight is 296 g/mol. The van der Waals surface area contributed by atoms with Crippen molar-refractivity contribution < 1.29 is 23.8 Å². The van der Waals surface area contributed by atoms with E-state index in [1.54, 1.807) is 20.8 Å². The van der Waals surface area contributed by atoms with Gasteiger partial charge in [0.1, 0.15) is 24.2 Å². The Bertz CT molecular complexity index is 583. The van der Waals surface area contributed by atoms with Crippen LogP contribution >= 0.6 is 0 Å². The van der Waals surface area contributed by atoms with Crippen LogP contribution in [0.4, 0.5) is 14.9 Å². The number of hydrogen-bond acceptors (Lipinski definition) is 3. The standard InChI is InChI=1S/C14H17FN2O4/c1-14(2,3)17(13(19)20)10-7-21-11-5-4-8(15)6-9(11)16-12(10)18/h4-6,10H,7H2,1-3H3,(H,16,18)(H,19,20)/t10-/m0/s1. The fourth-order valence-corrected chi connectivity index (χ4v) is 2.27. The number of nitrogens with one attached hydrogen (secondary N) is 1. The van der Waals surface area contributed by atoms with Crippen LogP contribution in [0.1, 0.15) is 20.8 Å². The van der Waals surface area contributed by atoms with E-state index in [1.165, 1.54) is 12.1 Å². The number of nitrogens with zero attached hydrogens (tertiary/aromatic N) is 1. The van der Waals surface area contributed by atoms with Crippen molar-refractivity contribution in [1.29, 1.82) is 0 Å². The molecular weight excluding hydrogens is 279 g/mol. The summed E-state index contributed by atoms with van der Waals surface area (Å²) in [6, 6.07) is 2.73. The van der Waals surface area contributed by atoms with Crippen LogP contribution in [0, 0.1) is 5.82 Å². The molecule has 0 bridgehead atoms. The Labute approximate surface area is 121 Å². The van der Waals surface area contributed by atoms with Gasteiger partial charge in [-0.05, 0) is 32.9 Å². The predicted octanol–water partition coefficient (Wildman–Crippen LogP) is 2.30. The monoisotopic (exact) mass is 296 g/mol. The van der Waals surface area contributed by atoms with Gasteiger partial charge in [0, 0.05) is 11.6 Å². The Morgan fingerprint density at radius 2 is 2.14 bits per heavy atom. The van der Waals surface area contributed by atoms with Gasteiger partial charge in [0.15, 0.2) is 0 Å². The van der Waals surface area contributed by atoms with Gasteiger partial charge in [-0.15, -0.1) is 0 Å². The Morgan fingerprint density at radius 3 is 2.71 bits per heavy atom. The van der Waals surface area contributed by atoms with Crippen LogP contribution in [-0.2, 0) is 4.79 Å². The molecule has 0 saturated carbocycles. The van der Waals surface area contributed by atoms with Crippen molar-refractivity contribution in [2.24, 2.45) is 0 Å². The molecule has 0 aliphatic carbocycles. The lowest BCUT2D eigenvalue weighted by Crippen LogP contribution is -2.57. The normalized spacial score (nSPS) is 18.1. The average Bonchev–Trinajstić information content (AvgIpc) is 2.47. The van der Waals surface area contributed by atoms with Gasteiger partial charge in [-0.2, -0.15) is 0 Å². The number of benzene rings is 1. The molecule has 0 fully saturated rings. The Hall–Kier alpha value is -2.31. The summed E-state index contributed by atoms with van der Waals surface area (Å²) >= 11 is 0. The molecule has 1 aliphatic heterocycles. The minimum Gasteiger partial charge on any atom is -0.489 e. The molecule has 0 aromatic heterocycles. The zero-order valence-corrected chi connectivity index (χ0v) is 12.0. The summed E-state index contributed by atoms with van der Waals surface area (Å²) in [7, 11) is 0. The molecule has 0 radical (unpaired) electrons. The van der Waals surface area contributed by atoms with Crippen molar-refractivity contribution in [2.75, 3.05) is 11.9 Å². The minimum absolute atomic E-state index is 0.131. The predicted molar refractivity (Wildman–Crippen MR) is 73.9 cm³/mol. The summed E-state index contributed by atoms with van der Waals surface area (Å²) in [5.41, 5.74) is -0.583. The van der Waals surface area contributed by atoms with Crippen molar-refractivity contribution in [3.05, 3.63) is 24.0 Å². The molecule has 7 heteroatoms. The van der Waals surface area contributed by atoms with Crippen molar-refractivity contribution in [1.82, 2.24) is 4.90 Å². The first kappa shape index (κ1) is 15.1. The molecule has 0 saturated heterocycles. The first-order chi connectivity index (χ1) is 9.70. The van der Waals surface area contributed by atoms with Crippen molar-refractivity contribution >= 4 is 17.7 Å². The highest BCUT2D eigenvalue weighted by Gasteiger charge is 2.39. The Kier molecular flexibility index (Phi) is 3.76. The summed E-state index contributed by atoms with van der Waals surface area (Å²) in [4.78, 5) is 24.8. The smallest absolute Gasteiger partial charge is 0.408 e. The van der Waals surface area contributed by atoms with Crippen LogP contribution in [0.5, 0.6) is 5.75 Å². The van der Waals surface area contributed by atoms with E-state index in [9.17, 15) is 19.1 Å². The molecule has 1 heterocycles. The maximum Gasteiger partial charge on any atom is 0.408 e. The van der Waals surface area contributed by atoms with Crippen LogP contribution in [0.2, 0.25) is 0 Å². The quantitative estimate of drug-likeness (QED) is 0.833. The van der Waals surface area contributed by atoms with Gasteiger partial charge < -0.3 is 15.2 Å². The maximum absolute atomic E-state index is 13.2. The van der Waals surface area contributed by atoms with E-state index in [2.05, 4.69) is 5.32 Å². The number of carbonyl (C=O) groups excluding carboxylic acids is 1. The molecule has 0 unspecified atom stereocenters. The highest BCUT2D eigenvalue weighted by atomic mass is 19.1. The van der Waals surface area contributed by atoms with Gasteiger partial charge in [0.2, 0.25) is 0 Å². The molecule has 0 spiro atoms. The SMILES string of the molecule is CC(C)(C)N(C(=O)O)[C@H]1COc2ccc(F)cc2NC1=O. The van der Waals surface area contributed by atoms with Gasteiger partial charge in [0.05, 0.1) is 5.69 Å². The third kappa shape index (κ3) is 3.07. The van der Waals surface area contributed by atoms with Gasteiger partial charge in [-0.25, -0.2) is 9.18 Å². The fourth-order valence-electron chi connectivity index (χ4n) is 2.27. The minimum atomic E-state index is -1.22. The summed E-state index contributed by atoms with van der Waals surface area (Å²) in [5.74, 6) is -0.745. The van der Waals surface area contributed by atoms with Gasteiger partial charge in [-0.3, -0.25) is 9.69 Å². The summed E-state index contributed by atoms with van der Waals surface area (Å²) in [6.45, 7) is 4.93. The Morgan fingerprint density at radius 1 is 1.48 bits per heavy atom. The summed E-state index contributed by atoms with van der Waals surface area (Å²) in [6.07, 6.45) is -1.22. The first-order valence-corrected chi connectivity index (χ1v) is 6.45. The molecule has 2 amide bonds. The summed E-state index contributed by atoms with van der Waals surface area (Å²) < 4.78 is 18.7. The highest BCUT2D eigenvalue weighted by Crippen LogP contribution is 2.30. The lowest BCUT2D eigenvalue weighted by atomic mass is 10.0. The number of hydrogen-bond donors (Lipinski definition) is 2. The van der Waals surface area contributed by atoms with Gasteiger partial charge in [-0.1, -0.05) is 0 Å². The molecule has 21 heavy (non-hydrogen) atoms. The number of carboxylic acid groups (broad SMARTS) is 1.